The SMILES string of the molecule is Cc1cc(N2CC(C(=O)N(C)c3ccccc3)CC2=O)no1. The van der Waals surface area contributed by atoms with Gasteiger partial charge in [-0.1, -0.05) is 23.4 Å². The van der Waals surface area contributed by atoms with E-state index in [1.807, 2.05) is 30.3 Å². The van der Waals surface area contributed by atoms with Crippen molar-refractivity contribution in [2.75, 3.05) is 23.4 Å². The van der Waals surface area contributed by atoms with Gasteiger partial charge in [0.15, 0.2) is 5.82 Å². The van der Waals surface area contributed by atoms with Crippen molar-refractivity contribution in [1.82, 2.24) is 5.16 Å². The molecule has 1 aromatic heterocycles. The molecule has 0 radical (unpaired) electrons. The third-order valence-corrected chi connectivity index (χ3v) is 3.84. The van der Waals surface area contributed by atoms with Gasteiger partial charge in [-0.15, -0.1) is 0 Å². The summed E-state index contributed by atoms with van der Waals surface area (Å²) in [5, 5.41) is 3.85. The average Bonchev–Trinajstić information content (AvgIpc) is 3.12. The molecule has 2 heterocycles. The van der Waals surface area contributed by atoms with Crippen molar-refractivity contribution in [3.8, 4) is 0 Å². The van der Waals surface area contributed by atoms with Gasteiger partial charge in [0.25, 0.3) is 0 Å². The van der Waals surface area contributed by atoms with E-state index in [1.165, 1.54) is 4.90 Å². The minimum atomic E-state index is -0.366. The quantitative estimate of drug-likeness (QED) is 0.869. The summed E-state index contributed by atoms with van der Waals surface area (Å²) in [5.74, 6) is 0.573. The van der Waals surface area contributed by atoms with Crippen LogP contribution in [0.4, 0.5) is 11.5 Å². The summed E-state index contributed by atoms with van der Waals surface area (Å²) >= 11 is 0. The Labute approximate surface area is 128 Å². The standard InChI is InChI=1S/C16H17N3O3/c1-11-8-14(17-22-11)19-10-12(9-15(19)20)16(21)18(2)13-6-4-3-5-7-13/h3-8,12H,9-10H2,1-2H3. The highest BCUT2D eigenvalue weighted by Crippen LogP contribution is 2.27. The number of aromatic nitrogens is 1. The average molecular weight is 299 g/mol. The molecule has 0 aliphatic carbocycles. The second-order valence-corrected chi connectivity index (χ2v) is 5.43. The molecule has 0 bridgehead atoms. The van der Waals surface area contributed by atoms with E-state index >= 15 is 0 Å². The van der Waals surface area contributed by atoms with E-state index < -0.39 is 0 Å². The fourth-order valence-corrected chi connectivity index (χ4v) is 2.63. The van der Waals surface area contributed by atoms with E-state index in [0.717, 1.165) is 5.69 Å². The normalized spacial score (nSPS) is 17.8. The molecular weight excluding hydrogens is 282 g/mol. The van der Waals surface area contributed by atoms with E-state index in [0.29, 0.717) is 18.1 Å². The van der Waals surface area contributed by atoms with Crippen molar-refractivity contribution >= 4 is 23.3 Å². The molecule has 1 unspecified atom stereocenters. The molecule has 2 amide bonds. The molecule has 2 aromatic rings. The summed E-state index contributed by atoms with van der Waals surface area (Å²) in [4.78, 5) is 27.8. The Hall–Kier alpha value is -2.63. The monoisotopic (exact) mass is 299 g/mol. The van der Waals surface area contributed by atoms with Crippen molar-refractivity contribution in [3.05, 3.63) is 42.2 Å². The molecule has 1 aliphatic rings. The molecular formula is C16H17N3O3. The lowest BCUT2D eigenvalue weighted by molar-refractivity contribution is -0.124. The van der Waals surface area contributed by atoms with Crippen LogP contribution >= 0.6 is 0 Å². The van der Waals surface area contributed by atoms with Crippen LogP contribution in [0.2, 0.25) is 0 Å². The van der Waals surface area contributed by atoms with E-state index in [4.69, 9.17) is 4.52 Å². The van der Waals surface area contributed by atoms with Crippen LogP contribution in [0.5, 0.6) is 0 Å². The topological polar surface area (TPSA) is 66.7 Å². The first kappa shape index (κ1) is 14.3. The summed E-state index contributed by atoms with van der Waals surface area (Å²) in [6.07, 6.45) is 0.196. The van der Waals surface area contributed by atoms with Crippen molar-refractivity contribution in [3.63, 3.8) is 0 Å². The van der Waals surface area contributed by atoms with E-state index in [-0.39, 0.29) is 24.2 Å². The van der Waals surface area contributed by atoms with Gasteiger partial charge in [0.1, 0.15) is 5.76 Å². The Morgan fingerprint density at radius 2 is 2.09 bits per heavy atom. The molecule has 0 spiro atoms. The summed E-state index contributed by atoms with van der Waals surface area (Å²) < 4.78 is 5.00. The fourth-order valence-electron chi connectivity index (χ4n) is 2.63. The number of rotatable bonds is 3. The summed E-state index contributed by atoms with van der Waals surface area (Å²) in [6, 6.07) is 11.1. The van der Waals surface area contributed by atoms with Gasteiger partial charge in [-0.2, -0.15) is 0 Å². The molecule has 3 rings (SSSR count). The lowest BCUT2D eigenvalue weighted by atomic mass is 10.1. The third-order valence-electron chi connectivity index (χ3n) is 3.84. The van der Waals surface area contributed by atoms with Crippen LogP contribution in [0.1, 0.15) is 12.2 Å². The lowest BCUT2D eigenvalue weighted by Gasteiger charge is -2.20. The maximum absolute atomic E-state index is 12.6. The Balaban J connectivity index is 1.74. The molecule has 114 valence electrons. The van der Waals surface area contributed by atoms with E-state index in [9.17, 15) is 9.59 Å². The highest BCUT2D eigenvalue weighted by Gasteiger charge is 2.37. The molecule has 6 nitrogen and oxygen atoms in total. The zero-order valence-corrected chi connectivity index (χ0v) is 12.5. The molecule has 1 atom stereocenters. The number of anilines is 2. The van der Waals surface area contributed by atoms with Crippen molar-refractivity contribution in [1.29, 1.82) is 0 Å². The smallest absolute Gasteiger partial charge is 0.232 e. The predicted octanol–water partition coefficient (Wildman–Crippen LogP) is 2.00. The number of benzene rings is 1. The van der Waals surface area contributed by atoms with E-state index in [1.54, 1.807) is 24.9 Å². The molecule has 0 N–H and O–H groups in total. The number of carbonyl (C=O) groups is 2. The van der Waals surface area contributed by atoms with Crippen LogP contribution in [-0.4, -0.2) is 30.6 Å². The third kappa shape index (κ3) is 2.59. The van der Waals surface area contributed by atoms with Crippen molar-refractivity contribution in [2.24, 2.45) is 5.92 Å². The highest BCUT2D eigenvalue weighted by atomic mass is 16.5. The minimum absolute atomic E-state index is 0.0673. The van der Waals surface area contributed by atoms with Crippen LogP contribution in [0.3, 0.4) is 0 Å². The number of nitrogens with zero attached hydrogens (tertiary/aromatic N) is 3. The zero-order valence-electron chi connectivity index (χ0n) is 12.5. The number of para-hydroxylation sites is 1. The molecule has 22 heavy (non-hydrogen) atoms. The van der Waals surface area contributed by atoms with Gasteiger partial charge in [-0.05, 0) is 19.1 Å². The Morgan fingerprint density at radius 1 is 1.36 bits per heavy atom. The van der Waals surface area contributed by atoms with Crippen LogP contribution in [-0.2, 0) is 9.59 Å². The summed E-state index contributed by atoms with van der Waals surface area (Å²) in [5.41, 5.74) is 0.815. The second kappa shape index (κ2) is 5.63. The largest absolute Gasteiger partial charge is 0.360 e. The Bertz CT molecular complexity index is 696. The van der Waals surface area contributed by atoms with Gasteiger partial charge in [0.05, 0.1) is 5.92 Å². The van der Waals surface area contributed by atoms with Crippen molar-refractivity contribution in [2.45, 2.75) is 13.3 Å². The van der Waals surface area contributed by atoms with E-state index in [2.05, 4.69) is 5.16 Å². The molecule has 1 saturated heterocycles. The first-order chi connectivity index (χ1) is 10.6. The zero-order chi connectivity index (χ0) is 15.7. The lowest BCUT2D eigenvalue weighted by Crippen LogP contribution is -2.34. The van der Waals surface area contributed by atoms with Gasteiger partial charge in [-0.25, -0.2) is 0 Å². The molecule has 1 aliphatic heterocycles. The van der Waals surface area contributed by atoms with Gasteiger partial charge < -0.3 is 9.42 Å². The number of aryl methyl sites for hydroxylation is 1. The maximum Gasteiger partial charge on any atom is 0.232 e. The summed E-state index contributed by atoms with van der Waals surface area (Å²) in [7, 11) is 1.73. The minimum Gasteiger partial charge on any atom is -0.360 e. The maximum atomic E-state index is 12.6. The van der Waals surface area contributed by atoms with Gasteiger partial charge in [0.2, 0.25) is 11.8 Å². The van der Waals surface area contributed by atoms with Crippen LogP contribution in [0, 0.1) is 12.8 Å². The Kier molecular flexibility index (Phi) is 3.66. The van der Waals surface area contributed by atoms with Gasteiger partial charge in [0, 0.05) is 31.8 Å². The molecule has 6 heteroatoms. The first-order valence-corrected chi connectivity index (χ1v) is 7.12. The second-order valence-electron chi connectivity index (χ2n) is 5.43. The van der Waals surface area contributed by atoms with Crippen LogP contribution in [0.25, 0.3) is 0 Å². The van der Waals surface area contributed by atoms with Crippen molar-refractivity contribution < 1.29 is 14.1 Å². The Morgan fingerprint density at radius 3 is 2.73 bits per heavy atom. The summed E-state index contributed by atoms with van der Waals surface area (Å²) in [6.45, 7) is 2.10. The van der Waals surface area contributed by atoms with Crippen LogP contribution < -0.4 is 9.80 Å². The van der Waals surface area contributed by atoms with Gasteiger partial charge >= 0.3 is 0 Å². The highest BCUT2D eigenvalue weighted by molar-refractivity contribution is 6.03. The van der Waals surface area contributed by atoms with Crippen LogP contribution in [0.15, 0.2) is 40.9 Å². The number of carbonyl (C=O) groups excluding carboxylic acids is 2. The number of hydrogen-bond donors (Lipinski definition) is 0. The number of amides is 2. The fraction of sp³-hybridized carbons (Fsp3) is 0.312. The molecule has 0 saturated carbocycles. The molecule has 1 fully saturated rings. The first-order valence-electron chi connectivity index (χ1n) is 7.12. The molecule has 1 aromatic carbocycles. The number of hydrogen-bond acceptors (Lipinski definition) is 4. The predicted molar refractivity (Wildman–Crippen MR) is 81.6 cm³/mol. The van der Waals surface area contributed by atoms with Gasteiger partial charge in [-0.3, -0.25) is 14.5 Å².